The maximum Gasteiger partial charge on any atom is 0.309 e. The molecule has 0 aliphatic heterocycles. The number of aliphatic hydroxyl groups excluding tert-OH is 1. The van der Waals surface area contributed by atoms with Gasteiger partial charge < -0.3 is 10.2 Å². The van der Waals surface area contributed by atoms with Crippen LogP contribution in [0.2, 0.25) is 0 Å². The molecule has 2 aliphatic carbocycles. The molecular formula is C11H18O3. The molecule has 0 amide bonds. The summed E-state index contributed by atoms with van der Waals surface area (Å²) in [6, 6.07) is 0. The van der Waals surface area contributed by atoms with Crippen LogP contribution in [0.5, 0.6) is 0 Å². The first-order chi connectivity index (χ1) is 6.32. The summed E-state index contributed by atoms with van der Waals surface area (Å²) in [7, 11) is 0. The molecule has 0 aromatic heterocycles. The highest BCUT2D eigenvalue weighted by Gasteiger charge is 2.67. The highest BCUT2D eigenvalue weighted by atomic mass is 16.4. The first-order valence-corrected chi connectivity index (χ1v) is 5.23. The fraction of sp³-hybridized carbons (Fsp3) is 0.909. The molecule has 2 saturated carbocycles. The van der Waals surface area contributed by atoms with E-state index in [1.807, 2.05) is 6.92 Å². The summed E-state index contributed by atoms with van der Waals surface area (Å²) in [6.45, 7) is 6.22. The number of aliphatic carboxylic acids is 1. The van der Waals surface area contributed by atoms with Crippen LogP contribution in [0, 0.1) is 22.7 Å². The zero-order valence-corrected chi connectivity index (χ0v) is 8.95. The van der Waals surface area contributed by atoms with Crippen LogP contribution in [0.4, 0.5) is 0 Å². The second-order valence-electron chi connectivity index (χ2n) is 5.59. The normalized spacial score (nSPS) is 49.6. The van der Waals surface area contributed by atoms with Gasteiger partial charge in [-0.15, -0.1) is 0 Å². The van der Waals surface area contributed by atoms with Crippen molar-refractivity contribution in [1.29, 1.82) is 0 Å². The number of carboxylic acid groups (broad SMARTS) is 1. The lowest BCUT2D eigenvalue weighted by Gasteiger charge is -2.36. The van der Waals surface area contributed by atoms with E-state index in [1.165, 1.54) is 0 Å². The van der Waals surface area contributed by atoms with Gasteiger partial charge in [-0.05, 0) is 29.6 Å². The Bertz CT molecular complexity index is 284. The summed E-state index contributed by atoms with van der Waals surface area (Å²) < 4.78 is 0. The first kappa shape index (κ1) is 9.97. The van der Waals surface area contributed by atoms with E-state index in [-0.39, 0.29) is 16.7 Å². The van der Waals surface area contributed by atoms with Crippen LogP contribution in [0.15, 0.2) is 0 Å². The lowest BCUT2D eigenvalue weighted by molar-refractivity contribution is -0.149. The molecule has 2 bridgehead atoms. The van der Waals surface area contributed by atoms with Crippen molar-refractivity contribution in [3.8, 4) is 0 Å². The highest BCUT2D eigenvalue weighted by molar-refractivity contribution is 5.72. The summed E-state index contributed by atoms with van der Waals surface area (Å²) in [5, 5.41) is 19.2. The summed E-state index contributed by atoms with van der Waals surface area (Å²) in [5.74, 6) is -1.25. The van der Waals surface area contributed by atoms with Gasteiger partial charge in [0, 0.05) is 0 Å². The Balaban J connectivity index is 2.44. The van der Waals surface area contributed by atoms with Crippen molar-refractivity contribution < 1.29 is 15.0 Å². The van der Waals surface area contributed by atoms with Gasteiger partial charge in [0.15, 0.2) is 0 Å². The van der Waals surface area contributed by atoms with E-state index in [1.54, 1.807) is 0 Å². The SMILES string of the molecule is CC1(C)C2CCC1(C)[C@H](O)[C@H]2C(=O)O. The minimum absolute atomic E-state index is 0.0462. The van der Waals surface area contributed by atoms with E-state index >= 15 is 0 Å². The zero-order chi connectivity index (χ0) is 10.7. The molecule has 2 aliphatic rings. The average Bonchev–Trinajstić information content (AvgIpc) is 2.35. The van der Waals surface area contributed by atoms with Crippen molar-refractivity contribution in [2.24, 2.45) is 22.7 Å². The molecule has 3 heteroatoms. The van der Waals surface area contributed by atoms with E-state index in [4.69, 9.17) is 5.11 Å². The number of fused-ring (bicyclic) bond motifs is 2. The van der Waals surface area contributed by atoms with Crippen LogP contribution in [-0.4, -0.2) is 22.3 Å². The molecule has 0 spiro atoms. The average molecular weight is 198 g/mol. The van der Waals surface area contributed by atoms with Gasteiger partial charge in [0.25, 0.3) is 0 Å². The predicted octanol–water partition coefficient (Wildman–Crippen LogP) is 1.50. The fourth-order valence-electron chi connectivity index (χ4n) is 3.64. The molecule has 4 atom stereocenters. The second-order valence-corrected chi connectivity index (χ2v) is 5.59. The summed E-state index contributed by atoms with van der Waals surface area (Å²) >= 11 is 0. The number of hydrogen-bond donors (Lipinski definition) is 2. The largest absolute Gasteiger partial charge is 0.481 e. The molecule has 80 valence electrons. The van der Waals surface area contributed by atoms with E-state index in [0.29, 0.717) is 0 Å². The van der Waals surface area contributed by atoms with Crippen LogP contribution < -0.4 is 0 Å². The zero-order valence-electron chi connectivity index (χ0n) is 8.95. The van der Waals surface area contributed by atoms with Crippen LogP contribution in [0.25, 0.3) is 0 Å². The number of aliphatic hydroxyl groups is 1. The van der Waals surface area contributed by atoms with Gasteiger partial charge in [-0.1, -0.05) is 20.8 Å². The molecule has 0 heterocycles. The van der Waals surface area contributed by atoms with Crippen molar-refractivity contribution >= 4 is 5.97 Å². The molecule has 2 unspecified atom stereocenters. The van der Waals surface area contributed by atoms with E-state index < -0.39 is 18.0 Å². The Morgan fingerprint density at radius 1 is 1.36 bits per heavy atom. The monoisotopic (exact) mass is 198 g/mol. The molecular weight excluding hydrogens is 180 g/mol. The highest BCUT2D eigenvalue weighted by Crippen LogP contribution is 2.67. The van der Waals surface area contributed by atoms with Crippen LogP contribution in [0.3, 0.4) is 0 Å². The van der Waals surface area contributed by atoms with Gasteiger partial charge in [0.1, 0.15) is 0 Å². The lowest BCUT2D eigenvalue weighted by atomic mass is 9.70. The van der Waals surface area contributed by atoms with Gasteiger partial charge >= 0.3 is 5.97 Å². The second kappa shape index (κ2) is 2.51. The van der Waals surface area contributed by atoms with Crippen LogP contribution in [-0.2, 0) is 4.79 Å². The third kappa shape index (κ3) is 0.842. The van der Waals surface area contributed by atoms with E-state index in [9.17, 15) is 9.90 Å². The quantitative estimate of drug-likeness (QED) is 0.671. The third-order valence-corrected chi connectivity index (χ3v) is 5.09. The predicted molar refractivity (Wildman–Crippen MR) is 51.7 cm³/mol. The standard InChI is InChI=1S/C11H18O3/c1-10(2)6-4-5-11(10,3)8(12)7(6)9(13)14/h6-8,12H,4-5H2,1-3H3,(H,13,14)/t6?,7-,8+,11?/m0/s1. The lowest BCUT2D eigenvalue weighted by Crippen LogP contribution is -2.39. The van der Waals surface area contributed by atoms with Gasteiger partial charge in [0.2, 0.25) is 0 Å². The van der Waals surface area contributed by atoms with E-state index in [0.717, 1.165) is 12.8 Å². The van der Waals surface area contributed by atoms with Crippen molar-refractivity contribution in [2.75, 3.05) is 0 Å². The molecule has 0 aromatic carbocycles. The molecule has 2 rings (SSSR count). The minimum atomic E-state index is -0.834. The molecule has 14 heavy (non-hydrogen) atoms. The summed E-state index contributed by atoms with van der Waals surface area (Å²) in [6.07, 6.45) is 1.22. The Morgan fingerprint density at radius 3 is 2.21 bits per heavy atom. The summed E-state index contributed by atoms with van der Waals surface area (Å²) in [4.78, 5) is 11.1. The van der Waals surface area contributed by atoms with Crippen LogP contribution >= 0.6 is 0 Å². The minimum Gasteiger partial charge on any atom is -0.481 e. The third-order valence-electron chi connectivity index (χ3n) is 5.09. The topological polar surface area (TPSA) is 57.5 Å². The number of rotatable bonds is 1. The molecule has 2 fully saturated rings. The van der Waals surface area contributed by atoms with Crippen molar-refractivity contribution in [3.05, 3.63) is 0 Å². The van der Waals surface area contributed by atoms with Gasteiger partial charge in [-0.2, -0.15) is 0 Å². The number of carboxylic acids is 1. The summed E-state index contributed by atoms with van der Waals surface area (Å²) in [5.41, 5.74) is -0.254. The fourth-order valence-corrected chi connectivity index (χ4v) is 3.64. The number of hydrogen-bond acceptors (Lipinski definition) is 2. The Morgan fingerprint density at radius 2 is 1.93 bits per heavy atom. The van der Waals surface area contributed by atoms with Gasteiger partial charge in [-0.25, -0.2) is 0 Å². The van der Waals surface area contributed by atoms with Crippen LogP contribution in [0.1, 0.15) is 33.6 Å². The Hall–Kier alpha value is -0.570. The molecule has 0 saturated heterocycles. The maximum absolute atomic E-state index is 11.1. The Labute approximate surface area is 84.1 Å². The van der Waals surface area contributed by atoms with Crippen molar-refractivity contribution in [3.63, 3.8) is 0 Å². The smallest absolute Gasteiger partial charge is 0.309 e. The number of carbonyl (C=O) groups is 1. The van der Waals surface area contributed by atoms with E-state index in [2.05, 4.69) is 13.8 Å². The molecule has 3 nitrogen and oxygen atoms in total. The maximum atomic E-state index is 11.1. The van der Waals surface area contributed by atoms with Crippen molar-refractivity contribution in [2.45, 2.75) is 39.7 Å². The van der Waals surface area contributed by atoms with Gasteiger partial charge in [0.05, 0.1) is 12.0 Å². The van der Waals surface area contributed by atoms with Gasteiger partial charge in [-0.3, -0.25) is 4.79 Å². The Kier molecular flexibility index (Phi) is 1.79. The molecule has 0 radical (unpaired) electrons. The van der Waals surface area contributed by atoms with Crippen molar-refractivity contribution in [1.82, 2.24) is 0 Å². The molecule has 2 N–H and O–H groups in total. The molecule has 0 aromatic rings. The first-order valence-electron chi connectivity index (χ1n) is 5.23.